The van der Waals surface area contributed by atoms with E-state index in [1.807, 2.05) is 0 Å². The lowest BCUT2D eigenvalue weighted by Crippen LogP contribution is -1.86. The van der Waals surface area contributed by atoms with E-state index >= 15 is 0 Å². The van der Waals surface area contributed by atoms with E-state index in [2.05, 4.69) is 23.3 Å². The Balaban J connectivity index is 2.49. The molecular formula is C7H13N2P. The van der Waals surface area contributed by atoms with Crippen LogP contribution in [0, 0.1) is 6.92 Å². The van der Waals surface area contributed by atoms with Crippen molar-refractivity contribution in [3.8, 4) is 0 Å². The summed E-state index contributed by atoms with van der Waals surface area (Å²) >= 11 is 0. The topological polar surface area (TPSA) is 25.8 Å². The maximum atomic E-state index is 4.29. The molecule has 0 aliphatic rings. The molecular weight excluding hydrogens is 143 g/mol. The molecule has 0 aliphatic heterocycles. The third kappa shape index (κ3) is 1.81. The molecule has 0 N–H and O–H groups in total. The van der Waals surface area contributed by atoms with Crippen molar-refractivity contribution in [3.05, 3.63) is 11.4 Å². The number of unbranched alkanes of at least 4 members (excludes halogenated alkanes) is 1. The van der Waals surface area contributed by atoms with Crippen LogP contribution in [-0.4, -0.2) is 9.49 Å². The van der Waals surface area contributed by atoms with Crippen molar-refractivity contribution in [1.82, 2.24) is 9.49 Å². The molecule has 1 unspecified atom stereocenters. The van der Waals surface area contributed by atoms with Gasteiger partial charge in [0.05, 0.1) is 19.9 Å². The maximum absolute atomic E-state index is 4.29. The van der Waals surface area contributed by atoms with Gasteiger partial charge in [0, 0.05) is 0 Å². The second-order valence-electron chi connectivity index (χ2n) is 2.46. The Hall–Kier alpha value is -0.360. The van der Waals surface area contributed by atoms with Crippen LogP contribution in [0.15, 0.2) is 0 Å². The van der Waals surface area contributed by atoms with E-state index in [-0.39, 0.29) is 0 Å². The van der Waals surface area contributed by atoms with Crippen molar-refractivity contribution in [1.29, 1.82) is 0 Å². The number of hydrogen-bond acceptors (Lipinski definition) is 2. The molecule has 0 aromatic carbocycles. The van der Waals surface area contributed by atoms with Crippen molar-refractivity contribution in [3.63, 3.8) is 0 Å². The summed E-state index contributed by atoms with van der Waals surface area (Å²) < 4.78 is 8.51. The quantitative estimate of drug-likeness (QED) is 0.670. The van der Waals surface area contributed by atoms with Crippen LogP contribution in [-0.2, 0) is 6.42 Å². The van der Waals surface area contributed by atoms with Gasteiger partial charge in [-0.15, -0.1) is 0 Å². The molecule has 0 bridgehead atoms. The van der Waals surface area contributed by atoms with Gasteiger partial charge in [0.1, 0.15) is 0 Å². The highest BCUT2D eigenvalue weighted by molar-refractivity contribution is 7.20. The highest BCUT2D eigenvalue weighted by Gasteiger charge is 1.99. The van der Waals surface area contributed by atoms with E-state index in [0.29, 0.717) is 8.51 Å². The summed E-state index contributed by atoms with van der Waals surface area (Å²) in [5.41, 5.74) is 2.40. The van der Waals surface area contributed by atoms with Crippen LogP contribution >= 0.6 is 8.51 Å². The molecule has 3 heteroatoms. The Kier molecular flexibility index (Phi) is 2.88. The highest BCUT2D eigenvalue weighted by Crippen LogP contribution is 2.09. The summed E-state index contributed by atoms with van der Waals surface area (Å²) in [7, 11) is 0.456. The van der Waals surface area contributed by atoms with Gasteiger partial charge in [-0.25, -0.2) is 9.49 Å². The van der Waals surface area contributed by atoms with Crippen LogP contribution < -0.4 is 0 Å². The normalized spacial score (nSPS) is 11.0. The van der Waals surface area contributed by atoms with Crippen LogP contribution in [0.4, 0.5) is 0 Å². The van der Waals surface area contributed by atoms with Crippen molar-refractivity contribution in [2.24, 2.45) is 0 Å². The molecule has 0 aliphatic carbocycles. The number of hydrogen-bond donors (Lipinski definition) is 0. The summed E-state index contributed by atoms with van der Waals surface area (Å²) in [6.07, 6.45) is 3.62. The van der Waals surface area contributed by atoms with E-state index in [4.69, 9.17) is 0 Å². The van der Waals surface area contributed by atoms with Crippen LogP contribution in [0.25, 0.3) is 0 Å². The summed E-state index contributed by atoms with van der Waals surface area (Å²) in [5, 5.41) is 0. The number of rotatable bonds is 3. The molecule has 2 nitrogen and oxygen atoms in total. The molecule has 0 fully saturated rings. The molecule has 0 saturated heterocycles. The minimum Gasteiger partial charge on any atom is -0.225 e. The fraction of sp³-hybridized carbons (Fsp3) is 0.714. The van der Waals surface area contributed by atoms with E-state index in [0.717, 1.165) is 12.1 Å². The SMILES string of the molecule is CCCCc1n[pH]nc1C. The van der Waals surface area contributed by atoms with Gasteiger partial charge in [-0.1, -0.05) is 13.3 Å². The van der Waals surface area contributed by atoms with Crippen LogP contribution in [0.3, 0.4) is 0 Å². The average Bonchev–Trinajstić information content (AvgIpc) is 2.31. The van der Waals surface area contributed by atoms with Crippen molar-refractivity contribution < 1.29 is 0 Å². The Morgan fingerprint density at radius 1 is 1.40 bits per heavy atom. The molecule has 0 saturated carbocycles. The van der Waals surface area contributed by atoms with Gasteiger partial charge in [0.15, 0.2) is 0 Å². The van der Waals surface area contributed by atoms with Gasteiger partial charge in [-0.05, 0) is 19.8 Å². The Bertz CT molecular complexity index is 195. The number of aryl methyl sites for hydroxylation is 2. The smallest absolute Gasteiger partial charge is 0.0675 e. The first-order chi connectivity index (χ1) is 4.84. The van der Waals surface area contributed by atoms with E-state index in [1.54, 1.807) is 0 Å². The van der Waals surface area contributed by atoms with Gasteiger partial charge >= 0.3 is 0 Å². The lowest BCUT2D eigenvalue weighted by Gasteiger charge is -1.92. The Labute approximate surface area is 63.3 Å². The monoisotopic (exact) mass is 156 g/mol. The standard InChI is InChI=1S/C7H13N2P/c1-3-4-5-7-6(2)8-10-9-7/h10H,3-5H2,1-2H3. The predicted molar refractivity (Wildman–Crippen MR) is 44.9 cm³/mol. The first-order valence-corrected chi connectivity index (χ1v) is 4.60. The molecule has 10 heavy (non-hydrogen) atoms. The van der Waals surface area contributed by atoms with E-state index in [1.165, 1.54) is 18.5 Å². The van der Waals surface area contributed by atoms with Gasteiger partial charge < -0.3 is 0 Å². The van der Waals surface area contributed by atoms with Gasteiger partial charge in [-0.2, -0.15) is 0 Å². The van der Waals surface area contributed by atoms with Gasteiger partial charge in [0.25, 0.3) is 0 Å². The fourth-order valence-electron chi connectivity index (χ4n) is 0.887. The fourth-order valence-corrected chi connectivity index (χ4v) is 1.61. The second kappa shape index (κ2) is 3.72. The van der Waals surface area contributed by atoms with E-state index in [9.17, 15) is 0 Å². The van der Waals surface area contributed by atoms with Crippen molar-refractivity contribution in [2.75, 3.05) is 0 Å². The molecule has 0 amide bonds. The highest BCUT2D eigenvalue weighted by atomic mass is 31.1. The first kappa shape index (κ1) is 7.74. The predicted octanol–water partition coefficient (Wildman–Crippen LogP) is 2.16. The molecule has 1 heterocycles. The summed E-state index contributed by atoms with van der Waals surface area (Å²) in [5.74, 6) is 0. The zero-order chi connectivity index (χ0) is 7.40. The second-order valence-corrected chi connectivity index (χ2v) is 3.11. The molecule has 1 atom stereocenters. The zero-order valence-electron chi connectivity index (χ0n) is 6.52. The van der Waals surface area contributed by atoms with Crippen LogP contribution in [0.1, 0.15) is 31.2 Å². The number of aromatic nitrogens is 2. The van der Waals surface area contributed by atoms with Crippen LogP contribution in [0.5, 0.6) is 0 Å². The first-order valence-electron chi connectivity index (χ1n) is 3.71. The average molecular weight is 156 g/mol. The lowest BCUT2D eigenvalue weighted by molar-refractivity contribution is 0.778. The Morgan fingerprint density at radius 3 is 2.70 bits per heavy atom. The molecule has 1 rings (SSSR count). The largest absolute Gasteiger partial charge is 0.225 e. The van der Waals surface area contributed by atoms with Crippen LogP contribution in [0.2, 0.25) is 0 Å². The lowest BCUT2D eigenvalue weighted by atomic mass is 10.2. The molecule has 56 valence electrons. The number of nitrogens with zero attached hydrogens (tertiary/aromatic N) is 2. The summed E-state index contributed by atoms with van der Waals surface area (Å²) in [6.45, 7) is 4.25. The van der Waals surface area contributed by atoms with E-state index < -0.39 is 0 Å². The third-order valence-electron chi connectivity index (χ3n) is 1.59. The summed E-state index contributed by atoms with van der Waals surface area (Å²) in [4.78, 5) is 0. The van der Waals surface area contributed by atoms with Crippen molar-refractivity contribution >= 4 is 8.51 Å². The molecule has 0 spiro atoms. The Morgan fingerprint density at radius 2 is 2.20 bits per heavy atom. The minimum atomic E-state index is 0.456. The maximum Gasteiger partial charge on any atom is 0.0675 e. The molecule has 1 aromatic rings. The van der Waals surface area contributed by atoms with Crippen molar-refractivity contribution in [2.45, 2.75) is 33.1 Å². The van der Waals surface area contributed by atoms with Gasteiger partial charge in [-0.3, -0.25) is 0 Å². The van der Waals surface area contributed by atoms with Gasteiger partial charge in [0.2, 0.25) is 0 Å². The molecule has 1 aromatic heterocycles. The molecule has 0 radical (unpaired) electrons. The minimum absolute atomic E-state index is 0.456. The summed E-state index contributed by atoms with van der Waals surface area (Å²) in [6, 6.07) is 0. The zero-order valence-corrected chi connectivity index (χ0v) is 7.52. The third-order valence-corrected chi connectivity index (χ3v) is 2.39.